The maximum atomic E-state index is 6.06. The highest BCUT2D eigenvalue weighted by molar-refractivity contribution is 9.10. The molecular weight excluding hydrogens is 330 g/mol. The molecule has 0 aliphatic rings. The van der Waals surface area contributed by atoms with Crippen molar-refractivity contribution in [3.8, 4) is 10.4 Å². The SMILES string of the molecule is CCC(NC)c1ccc(-c2cc(Cl)ccc2Br)s1. The van der Waals surface area contributed by atoms with Crippen molar-refractivity contribution < 1.29 is 0 Å². The first-order valence-corrected chi connectivity index (χ1v) is 7.87. The molecule has 1 atom stereocenters. The molecule has 96 valence electrons. The number of benzene rings is 1. The molecule has 2 rings (SSSR count). The first-order chi connectivity index (χ1) is 8.65. The molecule has 0 amide bonds. The number of hydrogen-bond donors (Lipinski definition) is 1. The van der Waals surface area contributed by atoms with E-state index in [1.54, 1.807) is 0 Å². The van der Waals surface area contributed by atoms with Crippen molar-refractivity contribution in [3.05, 3.63) is 44.7 Å². The lowest BCUT2D eigenvalue weighted by molar-refractivity contribution is 0.586. The molecule has 0 fully saturated rings. The second kappa shape index (κ2) is 6.20. The van der Waals surface area contributed by atoms with Crippen molar-refractivity contribution in [1.82, 2.24) is 5.32 Å². The number of rotatable bonds is 4. The van der Waals surface area contributed by atoms with Gasteiger partial charge in [0.05, 0.1) is 0 Å². The molecule has 1 heterocycles. The van der Waals surface area contributed by atoms with Crippen LogP contribution in [0.2, 0.25) is 5.02 Å². The molecule has 0 aliphatic heterocycles. The smallest absolute Gasteiger partial charge is 0.0413 e. The van der Waals surface area contributed by atoms with Crippen LogP contribution in [0.15, 0.2) is 34.8 Å². The van der Waals surface area contributed by atoms with Crippen LogP contribution in [0.1, 0.15) is 24.3 Å². The predicted octanol–water partition coefficient (Wildman–Crippen LogP) is 5.50. The van der Waals surface area contributed by atoms with Crippen molar-refractivity contribution in [2.24, 2.45) is 0 Å². The Morgan fingerprint density at radius 1 is 1.33 bits per heavy atom. The predicted molar refractivity (Wildman–Crippen MR) is 84.6 cm³/mol. The normalized spacial score (nSPS) is 12.7. The van der Waals surface area contributed by atoms with Gasteiger partial charge in [-0.05, 0) is 43.8 Å². The fraction of sp³-hybridized carbons (Fsp3) is 0.286. The third-order valence-electron chi connectivity index (χ3n) is 2.92. The van der Waals surface area contributed by atoms with Gasteiger partial charge in [-0.3, -0.25) is 0 Å². The summed E-state index contributed by atoms with van der Waals surface area (Å²) in [7, 11) is 2.00. The Kier molecular flexibility index (Phi) is 4.84. The third-order valence-corrected chi connectivity index (χ3v) is 5.08. The van der Waals surface area contributed by atoms with Gasteiger partial charge in [-0.2, -0.15) is 0 Å². The Bertz CT molecular complexity index is 534. The van der Waals surface area contributed by atoms with Crippen LogP contribution in [-0.4, -0.2) is 7.05 Å². The van der Waals surface area contributed by atoms with E-state index in [0.29, 0.717) is 6.04 Å². The summed E-state index contributed by atoms with van der Waals surface area (Å²) in [6.45, 7) is 2.19. The van der Waals surface area contributed by atoms with Gasteiger partial charge in [-0.1, -0.05) is 34.5 Å². The van der Waals surface area contributed by atoms with E-state index in [-0.39, 0.29) is 0 Å². The number of halogens is 2. The highest BCUT2D eigenvalue weighted by atomic mass is 79.9. The second-order valence-corrected chi connectivity index (χ2v) is 6.48. The van der Waals surface area contributed by atoms with Crippen molar-refractivity contribution in [2.75, 3.05) is 7.05 Å². The molecule has 1 nitrogen and oxygen atoms in total. The Morgan fingerprint density at radius 2 is 2.11 bits per heavy atom. The lowest BCUT2D eigenvalue weighted by atomic mass is 10.1. The fourth-order valence-electron chi connectivity index (χ4n) is 1.92. The standard InChI is InChI=1S/C14H15BrClNS/c1-3-12(17-2)14-7-6-13(18-14)10-8-9(16)4-5-11(10)15/h4-8,12,17H,3H2,1-2H3. The van der Waals surface area contributed by atoms with Gasteiger partial charge in [-0.15, -0.1) is 11.3 Å². The molecule has 1 aromatic carbocycles. The lowest BCUT2D eigenvalue weighted by Crippen LogP contribution is -2.13. The van der Waals surface area contributed by atoms with E-state index in [1.165, 1.54) is 9.75 Å². The highest BCUT2D eigenvalue weighted by Gasteiger charge is 2.12. The summed E-state index contributed by atoms with van der Waals surface area (Å²) < 4.78 is 1.08. The molecule has 4 heteroatoms. The van der Waals surface area contributed by atoms with E-state index >= 15 is 0 Å². The minimum atomic E-state index is 0.432. The van der Waals surface area contributed by atoms with Crippen LogP contribution in [0.4, 0.5) is 0 Å². The van der Waals surface area contributed by atoms with Crippen LogP contribution < -0.4 is 5.32 Å². The van der Waals surface area contributed by atoms with Crippen LogP contribution in [0.5, 0.6) is 0 Å². The van der Waals surface area contributed by atoms with Gasteiger partial charge >= 0.3 is 0 Å². The van der Waals surface area contributed by atoms with Gasteiger partial charge in [0.15, 0.2) is 0 Å². The van der Waals surface area contributed by atoms with Crippen LogP contribution in [0.3, 0.4) is 0 Å². The first-order valence-electron chi connectivity index (χ1n) is 5.88. The van der Waals surface area contributed by atoms with Crippen molar-refractivity contribution in [3.63, 3.8) is 0 Å². The summed E-state index contributed by atoms with van der Waals surface area (Å²) in [5.41, 5.74) is 1.16. The highest BCUT2D eigenvalue weighted by Crippen LogP contribution is 2.37. The first kappa shape index (κ1) is 14.1. The maximum Gasteiger partial charge on any atom is 0.0413 e. The van der Waals surface area contributed by atoms with Crippen LogP contribution in [0.25, 0.3) is 10.4 Å². The Balaban J connectivity index is 2.37. The number of nitrogens with one attached hydrogen (secondary N) is 1. The summed E-state index contributed by atoms with van der Waals surface area (Å²) in [4.78, 5) is 2.61. The molecule has 0 radical (unpaired) electrons. The quantitative estimate of drug-likeness (QED) is 0.772. The molecule has 1 N–H and O–H groups in total. The maximum absolute atomic E-state index is 6.06. The zero-order chi connectivity index (χ0) is 13.1. The minimum Gasteiger partial charge on any atom is -0.312 e. The van der Waals surface area contributed by atoms with E-state index in [2.05, 4.69) is 40.3 Å². The molecule has 0 aliphatic carbocycles. The van der Waals surface area contributed by atoms with E-state index < -0.39 is 0 Å². The molecule has 0 bridgehead atoms. The van der Waals surface area contributed by atoms with Gasteiger partial charge in [0.2, 0.25) is 0 Å². The second-order valence-electron chi connectivity index (χ2n) is 4.08. The Labute approximate surface area is 125 Å². The molecule has 0 spiro atoms. The average Bonchev–Trinajstić information content (AvgIpc) is 2.83. The van der Waals surface area contributed by atoms with Gasteiger partial charge in [0.1, 0.15) is 0 Å². The van der Waals surface area contributed by atoms with E-state index in [1.807, 2.05) is 36.6 Å². The topological polar surface area (TPSA) is 12.0 Å². The third kappa shape index (κ3) is 2.97. The zero-order valence-corrected chi connectivity index (χ0v) is 13.5. The molecular formula is C14H15BrClNS. The summed E-state index contributed by atoms with van der Waals surface area (Å²) in [5.74, 6) is 0. The lowest BCUT2D eigenvalue weighted by Gasteiger charge is -2.10. The zero-order valence-electron chi connectivity index (χ0n) is 10.3. The van der Waals surface area contributed by atoms with Crippen molar-refractivity contribution in [1.29, 1.82) is 0 Å². The minimum absolute atomic E-state index is 0.432. The summed E-state index contributed by atoms with van der Waals surface area (Å²) in [5, 5.41) is 4.10. The summed E-state index contributed by atoms with van der Waals surface area (Å²) >= 11 is 11.5. The molecule has 2 aromatic rings. The Morgan fingerprint density at radius 3 is 2.78 bits per heavy atom. The van der Waals surface area contributed by atoms with Gasteiger partial charge in [-0.25, -0.2) is 0 Å². The van der Waals surface area contributed by atoms with Crippen molar-refractivity contribution >= 4 is 38.9 Å². The van der Waals surface area contributed by atoms with Crippen LogP contribution >= 0.6 is 38.9 Å². The van der Waals surface area contributed by atoms with Crippen LogP contribution in [0, 0.1) is 0 Å². The molecule has 0 saturated heterocycles. The monoisotopic (exact) mass is 343 g/mol. The number of hydrogen-bond acceptors (Lipinski definition) is 2. The summed E-state index contributed by atoms with van der Waals surface area (Å²) in [6.07, 6.45) is 1.09. The molecule has 1 unspecified atom stereocenters. The van der Waals surface area contributed by atoms with Gasteiger partial charge in [0.25, 0.3) is 0 Å². The van der Waals surface area contributed by atoms with Crippen molar-refractivity contribution in [2.45, 2.75) is 19.4 Å². The van der Waals surface area contributed by atoms with Crippen LogP contribution in [-0.2, 0) is 0 Å². The van der Waals surface area contributed by atoms with Gasteiger partial charge in [0, 0.05) is 30.9 Å². The average molecular weight is 345 g/mol. The van der Waals surface area contributed by atoms with E-state index in [0.717, 1.165) is 21.5 Å². The Hall–Kier alpha value is -0.350. The summed E-state index contributed by atoms with van der Waals surface area (Å²) in [6, 6.07) is 10.7. The molecule has 18 heavy (non-hydrogen) atoms. The fourth-order valence-corrected chi connectivity index (χ4v) is 3.91. The van der Waals surface area contributed by atoms with E-state index in [4.69, 9.17) is 11.6 Å². The number of thiophene rings is 1. The molecule has 1 aromatic heterocycles. The molecule has 0 saturated carbocycles. The van der Waals surface area contributed by atoms with E-state index in [9.17, 15) is 0 Å². The largest absolute Gasteiger partial charge is 0.312 e. The van der Waals surface area contributed by atoms with Gasteiger partial charge < -0.3 is 5.32 Å².